The van der Waals surface area contributed by atoms with E-state index < -0.39 is 23.8 Å². The number of carbonyl (C=O) groups is 1. The molecule has 2 aliphatic heterocycles. The number of benzene rings is 1. The molecular weight excluding hydrogens is 359 g/mol. The molecule has 1 N–H and O–H groups in total. The molecule has 0 saturated carbocycles. The van der Waals surface area contributed by atoms with Crippen LogP contribution in [-0.2, 0) is 15.7 Å². The van der Waals surface area contributed by atoms with Crippen molar-refractivity contribution in [3.8, 4) is 0 Å². The fraction of sp³-hybridized carbons (Fsp3) is 0.650. The van der Waals surface area contributed by atoms with Gasteiger partial charge in [0, 0.05) is 31.5 Å². The van der Waals surface area contributed by atoms with E-state index in [1.807, 2.05) is 0 Å². The minimum atomic E-state index is -4.44. The zero-order valence-electron chi connectivity index (χ0n) is 15.4. The number of rotatable bonds is 4. The predicted molar refractivity (Wildman–Crippen MR) is 94.1 cm³/mol. The number of carbonyl (C=O) groups excluding carboxylic acids is 1. The van der Waals surface area contributed by atoms with Crippen molar-refractivity contribution in [1.82, 2.24) is 4.90 Å². The molecular formula is C20H26F3NO3. The highest BCUT2D eigenvalue weighted by Crippen LogP contribution is 2.37. The highest BCUT2D eigenvalue weighted by atomic mass is 19.4. The van der Waals surface area contributed by atoms with E-state index in [2.05, 4.69) is 0 Å². The van der Waals surface area contributed by atoms with E-state index in [0.717, 1.165) is 18.9 Å². The first-order valence-electron chi connectivity index (χ1n) is 9.50. The van der Waals surface area contributed by atoms with E-state index in [9.17, 15) is 23.1 Å². The largest absolute Gasteiger partial charge is 0.416 e. The first-order valence-corrected chi connectivity index (χ1v) is 9.50. The van der Waals surface area contributed by atoms with Crippen LogP contribution in [0.1, 0.15) is 49.7 Å². The van der Waals surface area contributed by atoms with Crippen molar-refractivity contribution in [2.75, 3.05) is 19.8 Å². The number of likely N-dealkylation sites (tertiary alicyclic amines) is 1. The minimum absolute atomic E-state index is 0.0211. The standard InChI is InChI=1S/C20H26F3NO3/c1-13(14-5-2-3-6-16(14)20(21,22)23)11-19(26)24-9-4-7-17(24)15-12-27-10-8-18(15)25/h2-3,5-6,13,15,17-18,25H,4,7-12H2,1H3/t13-,15+,17-,18+/m1/s1. The van der Waals surface area contributed by atoms with Gasteiger partial charge in [-0.25, -0.2) is 0 Å². The first-order chi connectivity index (χ1) is 12.8. The predicted octanol–water partition coefficient (Wildman–Crippen LogP) is 3.59. The minimum Gasteiger partial charge on any atom is -0.393 e. The summed E-state index contributed by atoms with van der Waals surface area (Å²) in [6, 6.07) is 5.34. The van der Waals surface area contributed by atoms with Gasteiger partial charge in [-0.2, -0.15) is 13.2 Å². The molecule has 2 saturated heterocycles. The molecule has 3 rings (SSSR count). The van der Waals surface area contributed by atoms with Gasteiger partial charge in [0.05, 0.1) is 18.3 Å². The molecule has 0 spiro atoms. The number of ether oxygens (including phenoxy) is 1. The molecule has 150 valence electrons. The van der Waals surface area contributed by atoms with Gasteiger partial charge in [-0.3, -0.25) is 4.79 Å². The van der Waals surface area contributed by atoms with E-state index in [1.165, 1.54) is 12.1 Å². The number of halogens is 3. The Kier molecular flexibility index (Phi) is 6.11. The zero-order valence-corrected chi connectivity index (χ0v) is 15.4. The van der Waals surface area contributed by atoms with Crippen LogP contribution in [0.3, 0.4) is 0 Å². The monoisotopic (exact) mass is 385 g/mol. The summed E-state index contributed by atoms with van der Waals surface area (Å²) in [4.78, 5) is 14.6. The molecule has 0 radical (unpaired) electrons. The summed E-state index contributed by atoms with van der Waals surface area (Å²) in [6.07, 6.45) is -2.72. The number of nitrogens with zero attached hydrogens (tertiary/aromatic N) is 1. The molecule has 1 amide bonds. The van der Waals surface area contributed by atoms with E-state index in [1.54, 1.807) is 17.9 Å². The van der Waals surface area contributed by atoms with Crippen molar-refractivity contribution in [3.05, 3.63) is 35.4 Å². The van der Waals surface area contributed by atoms with Gasteiger partial charge in [0.2, 0.25) is 5.91 Å². The second-order valence-electron chi connectivity index (χ2n) is 7.58. The molecule has 0 aromatic heterocycles. The van der Waals surface area contributed by atoms with Crippen molar-refractivity contribution in [3.63, 3.8) is 0 Å². The Morgan fingerprint density at radius 1 is 1.33 bits per heavy atom. The van der Waals surface area contributed by atoms with E-state index in [4.69, 9.17) is 4.74 Å². The van der Waals surface area contributed by atoms with Crippen molar-refractivity contribution in [2.45, 2.75) is 56.8 Å². The highest BCUT2D eigenvalue weighted by Gasteiger charge is 2.40. The van der Waals surface area contributed by atoms with E-state index in [-0.39, 0.29) is 29.9 Å². The summed E-state index contributed by atoms with van der Waals surface area (Å²) in [5.41, 5.74) is -0.533. The molecule has 1 aromatic rings. The average Bonchev–Trinajstić information content (AvgIpc) is 3.11. The summed E-state index contributed by atoms with van der Waals surface area (Å²) < 4.78 is 45.2. The Morgan fingerprint density at radius 3 is 2.78 bits per heavy atom. The quantitative estimate of drug-likeness (QED) is 0.862. The maximum atomic E-state index is 13.3. The number of amides is 1. The van der Waals surface area contributed by atoms with Gasteiger partial charge in [-0.1, -0.05) is 25.1 Å². The Bertz CT molecular complexity index is 664. The lowest BCUT2D eigenvalue weighted by atomic mass is 9.88. The number of hydrogen-bond donors (Lipinski definition) is 1. The van der Waals surface area contributed by atoms with Gasteiger partial charge in [-0.15, -0.1) is 0 Å². The third-order valence-electron chi connectivity index (χ3n) is 5.75. The van der Waals surface area contributed by atoms with Gasteiger partial charge in [0.1, 0.15) is 0 Å². The van der Waals surface area contributed by atoms with Crippen molar-refractivity contribution in [2.24, 2.45) is 5.92 Å². The van der Waals surface area contributed by atoms with Gasteiger partial charge in [0.25, 0.3) is 0 Å². The molecule has 2 fully saturated rings. The fourth-order valence-electron chi connectivity index (χ4n) is 4.34. The second kappa shape index (κ2) is 8.19. The maximum absolute atomic E-state index is 13.3. The van der Waals surface area contributed by atoms with Crippen LogP contribution in [0.4, 0.5) is 13.2 Å². The molecule has 2 heterocycles. The summed E-state index contributed by atoms with van der Waals surface area (Å²) in [5, 5.41) is 10.3. The fourth-order valence-corrected chi connectivity index (χ4v) is 4.34. The molecule has 27 heavy (non-hydrogen) atoms. The van der Waals surface area contributed by atoms with Crippen LogP contribution in [0.5, 0.6) is 0 Å². The van der Waals surface area contributed by atoms with Crippen LogP contribution in [-0.4, -0.2) is 47.8 Å². The van der Waals surface area contributed by atoms with Crippen molar-refractivity contribution >= 4 is 5.91 Å². The molecule has 0 bridgehead atoms. The van der Waals surface area contributed by atoms with Crippen LogP contribution < -0.4 is 0 Å². The third-order valence-corrected chi connectivity index (χ3v) is 5.75. The van der Waals surface area contributed by atoms with Gasteiger partial charge >= 0.3 is 6.18 Å². The van der Waals surface area contributed by atoms with Gasteiger partial charge < -0.3 is 14.7 Å². The van der Waals surface area contributed by atoms with Gasteiger partial charge in [0.15, 0.2) is 0 Å². The van der Waals surface area contributed by atoms with Crippen LogP contribution in [0.25, 0.3) is 0 Å². The molecule has 0 unspecified atom stereocenters. The zero-order chi connectivity index (χ0) is 19.6. The Hall–Kier alpha value is -1.60. The Balaban J connectivity index is 1.71. The van der Waals surface area contributed by atoms with Crippen LogP contribution in [0.15, 0.2) is 24.3 Å². The molecule has 2 aliphatic rings. The number of alkyl halides is 3. The summed E-state index contributed by atoms with van der Waals surface area (Å²) in [7, 11) is 0. The van der Waals surface area contributed by atoms with Crippen molar-refractivity contribution in [1.29, 1.82) is 0 Å². The van der Waals surface area contributed by atoms with Crippen molar-refractivity contribution < 1.29 is 27.8 Å². The number of aliphatic hydroxyl groups excluding tert-OH is 1. The highest BCUT2D eigenvalue weighted by molar-refractivity contribution is 5.78. The molecule has 0 aliphatic carbocycles. The lowest BCUT2D eigenvalue weighted by Gasteiger charge is -2.37. The van der Waals surface area contributed by atoms with Crippen LogP contribution in [0, 0.1) is 5.92 Å². The molecule has 1 aromatic carbocycles. The molecule has 4 nitrogen and oxygen atoms in total. The molecule has 7 heteroatoms. The van der Waals surface area contributed by atoms with Crippen LogP contribution >= 0.6 is 0 Å². The average molecular weight is 385 g/mol. The number of aliphatic hydroxyl groups is 1. The summed E-state index contributed by atoms with van der Waals surface area (Å²) in [6.45, 7) is 3.18. The SMILES string of the molecule is C[C@H](CC(=O)N1CCC[C@@H]1[C@@H]1COCC[C@@H]1O)c1ccccc1C(F)(F)F. The third kappa shape index (κ3) is 4.46. The lowest BCUT2D eigenvalue weighted by Crippen LogP contribution is -2.48. The van der Waals surface area contributed by atoms with Crippen LogP contribution in [0.2, 0.25) is 0 Å². The molecule has 4 atom stereocenters. The topological polar surface area (TPSA) is 49.8 Å². The normalized spacial score (nSPS) is 27.6. The smallest absolute Gasteiger partial charge is 0.393 e. The maximum Gasteiger partial charge on any atom is 0.416 e. The Labute approximate surface area is 157 Å². The van der Waals surface area contributed by atoms with E-state index in [0.29, 0.717) is 26.2 Å². The second-order valence-corrected chi connectivity index (χ2v) is 7.58. The lowest BCUT2D eigenvalue weighted by molar-refractivity contribution is -0.140. The summed E-state index contributed by atoms with van der Waals surface area (Å²) in [5.74, 6) is -0.813. The van der Waals surface area contributed by atoms with Gasteiger partial charge in [-0.05, 0) is 36.8 Å². The first kappa shape index (κ1) is 20.1. The van der Waals surface area contributed by atoms with E-state index >= 15 is 0 Å². The summed E-state index contributed by atoms with van der Waals surface area (Å²) >= 11 is 0. The Morgan fingerprint density at radius 2 is 2.07 bits per heavy atom. The number of hydrogen-bond acceptors (Lipinski definition) is 3.